The van der Waals surface area contributed by atoms with Crippen molar-refractivity contribution in [1.82, 2.24) is 4.72 Å². The molecule has 7 heteroatoms. The summed E-state index contributed by atoms with van der Waals surface area (Å²) in [6, 6.07) is 8.54. The number of anilines is 1. The minimum absolute atomic E-state index is 0.135. The van der Waals surface area contributed by atoms with Crippen molar-refractivity contribution < 1.29 is 17.6 Å². The van der Waals surface area contributed by atoms with E-state index in [-0.39, 0.29) is 10.8 Å². The highest BCUT2D eigenvalue weighted by atomic mass is 32.2. The van der Waals surface area contributed by atoms with Crippen molar-refractivity contribution in [2.45, 2.75) is 31.1 Å². The second-order valence-electron chi connectivity index (χ2n) is 6.57. The quantitative estimate of drug-likeness (QED) is 0.760. The Hall–Kier alpha value is -2.38. The molecule has 1 aliphatic carbocycles. The molecule has 138 valence electrons. The van der Waals surface area contributed by atoms with E-state index in [0.29, 0.717) is 28.8 Å². The van der Waals surface area contributed by atoms with Crippen molar-refractivity contribution in [3.8, 4) is 0 Å². The average molecular weight is 374 g/mol. The third kappa shape index (κ3) is 4.05. The minimum atomic E-state index is -3.58. The topological polar surface area (TPSA) is 88.4 Å². The molecule has 2 unspecified atom stereocenters. The van der Waals surface area contributed by atoms with Crippen molar-refractivity contribution in [2.24, 2.45) is 5.92 Å². The van der Waals surface area contributed by atoms with Gasteiger partial charge in [0.05, 0.1) is 4.90 Å². The monoisotopic (exact) mass is 374 g/mol. The van der Waals surface area contributed by atoms with Crippen LogP contribution in [0.4, 0.5) is 5.69 Å². The summed E-state index contributed by atoms with van der Waals surface area (Å²) in [5, 5.41) is 2.67. The van der Waals surface area contributed by atoms with Gasteiger partial charge in [-0.15, -0.1) is 0 Å². The Morgan fingerprint density at radius 1 is 1.27 bits per heavy atom. The lowest BCUT2D eigenvalue weighted by atomic mass is 10.2. The number of hydrogen-bond donors (Lipinski definition) is 2. The van der Waals surface area contributed by atoms with Gasteiger partial charge in [0.2, 0.25) is 15.9 Å². The maximum Gasteiger partial charge on any atom is 0.248 e. The number of benzene rings is 1. The molecule has 2 N–H and O–H groups in total. The van der Waals surface area contributed by atoms with Crippen molar-refractivity contribution in [2.75, 3.05) is 12.4 Å². The predicted molar refractivity (Wildman–Crippen MR) is 100 cm³/mol. The fraction of sp³-hybridized carbons (Fsp3) is 0.316. The first-order valence-electron chi connectivity index (χ1n) is 8.43. The Morgan fingerprint density at radius 3 is 2.65 bits per heavy atom. The third-order valence-corrected chi connectivity index (χ3v) is 6.09. The fourth-order valence-corrected chi connectivity index (χ4v) is 3.79. The molecular weight excluding hydrogens is 352 g/mol. The standard InChI is InChI=1S/C19H22N2O4S/c1-12-4-5-14(11-18(12)26(23,24)20-3)21-19(22)9-7-15-6-8-17(25-15)16-10-13(16)2/h4-9,11,13,16,20H,10H2,1-3H3,(H,21,22)/b9-7+. The van der Waals surface area contributed by atoms with E-state index in [1.165, 1.54) is 19.2 Å². The lowest BCUT2D eigenvalue weighted by molar-refractivity contribution is -0.111. The number of carbonyl (C=O) groups excluding carboxylic acids is 1. The SMILES string of the molecule is CNS(=O)(=O)c1cc(NC(=O)/C=C/c2ccc(C3CC3C)o2)ccc1C. The molecule has 0 saturated heterocycles. The van der Waals surface area contributed by atoms with Crippen LogP contribution in [0.3, 0.4) is 0 Å². The summed E-state index contributed by atoms with van der Waals surface area (Å²) in [6.07, 6.45) is 4.11. The van der Waals surface area contributed by atoms with Gasteiger partial charge in [0.15, 0.2) is 0 Å². The maximum absolute atomic E-state index is 12.1. The molecular formula is C19H22N2O4S. The normalized spacial score (nSPS) is 19.7. The first-order chi connectivity index (χ1) is 12.3. The molecule has 0 bridgehead atoms. The minimum Gasteiger partial charge on any atom is -0.461 e. The van der Waals surface area contributed by atoms with Gasteiger partial charge in [0.25, 0.3) is 0 Å². The summed E-state index contributed by atoms with van der Waals surface area (Å²) in [5.41, 5.74) is 1.01. The number of carbonyl (C=O) groups is 1. The van der Waals surface area contributed by atoms with E-state index in [1.807, 2.05) is 12.1 Å². The van der Waals surface area contributed by atoms with Crippen LogP contribution in [-0.4, -0.2) is 21.4 Å². The maximum atomic E-state index is 12.1. The van der Waals surface area contributed by atoms with Gasteiger partial charge >= 0.3 is 0 Å². The first kappa shape index (κ1) is 18.4. The van der Waals surface area contributed by atoms with E-state index in [9.17, 15) is 13.2 Å². The number of furan rings is 1. The van der Waals surface area contributed by atoms with Crippen LogP contribution in [0.5, 0.6) is 0 Å². The number of aryl methyl sites for hydroxylation is 1. The Kier molecular flexibility index (Phi) is 5.02. The Balaban J connectivity index is 1.68. The highest BCUT2D eigenvalue weighted by Crippen LogP contribution is 2.47. The van der Waals surface area contributed by atoms with Crippen LogP contribution < -0.4 is 10.0 Å². The Labute approximate surface area is 153 Å². The molecule has 2 atom stereocenters. The van der Waals surface area contributed by atoms with Gasteiger partial charge < -0.3 is 9.73 Å². The van der Waals surface area contributed by atoms with Crippen LogP contribution in [0.25, 0.3) is 6.08 Å². The largest absolute Gasteiger partial charge is 0.461 e. The van der Waals surface area contributed by atoms with Gasteiger partial charge in [-0.25, -0.2) is 13.1 Å². The van der Waals surface area contributed by atoms with Crippen molar-refractivity contribution >= 4 is 27.7 Å². The summed E-state index contributed by atoms with van der Waals surface area (Å²) in [5.74, 6) is 2.37. The van der Waals surface area contributed by atoms with E-state index in [1.54, 1.807) is 25.1 Å². The van der Waals surface area contributed by atoms with Crippen LogP contribution >= 0.6 is 0 Å². The molecule has 1 saturated carbocycles. The third-order valence-electron chi connectivity index (χ3n) is 4.54. The highest BCUT2D eigenvalue weighted by molar-refractivity contribution is 7.89. The Morgan fingerprint density at radius 2 is 2.00 bits per heavy atom. The van der Waals surface area contributed by atoms with Crippen molar-refractivity contribution in [3.05, 3.63) is 53.5 Å². The van der Waals surface area contributed by atoms with E-state index in [4.69, 9.17) is 4.42 Å². The zero-order chi connectivity index (χ0) is 18.9. The molecule has 1 aromatic heterocycles. The van der Waals surface area contributed by atoms with Crippen molar-refractivity contribution in [3.63, 3.8) is 0 Å². The second kappa shape index (κ2) is 7.09. The van der Waals surface area contributed by atoms with E-state index < -0.39 is 10.0 Å². The second-order valence-corrected chi connectivity index (χ2v) is 8.42. The van der Waals surface area contributed by atoms with Crippen LogP contribution in [-0.2, 0) is 14.8 Å². The molecule has 0 spiro atoms. The summed E-state index contributed by atoms with van der Waals surface area (Å²) in [6.45, 7) is 3.88. The van der Waals surface area contributed by atoms with Gasteiger partial charge in [-0.3, -0.25) is 4.79 Å². The lowest BCUT2D eigenvalue weighted by Crippen LogP contribution is -2.20. The van der Waals surface area contributed by atoms with Gasteiger partial charge in [-0.05, 0) is 62.2 Å². The van der Waals surface area contributed by atoms with Gasteiger partial charge in [-0.1, -0.05) is 13.0 Å². The summed E-state index contributed by atoms with van der Waals surface area (Å²) in [4.78, 5) is 12.2. The van der Waals surface area contributed by atoms with Gasteiger partial charge in [-0.2, -0.15) is 0 Å². The molecule has 6 nitrogen and oxygen atoms in total. The summed E-state index contributed by atoms with van der Waals surface area (Å²) < 4.78 is 32.0. The first-order valence-corrected chi connectivity index (χ1v) is 9.91. The van der Waals surface area contributed by atoms with E-state index >= 15 is 0 Å². The molecule has 26 heavy (non-hydrogen) atoms. The average Bonchev–Trinajstić information content (AvgIpc) is 3.15. The molecule has 0 radical (unpaired) electrons. The Bertz CT molecular complexity index is 960. The molecule has 0 aliphatic heterocycles. The highest BCUT2D eigenvalue weighted by Gasteiger charge is 2.36. The predicted octanol–water partition coefficient (Wildman–Crippen LogP) is 3.27. The van der Waals surface area contributed by atoms with Crippen LogP contribution in [0.1, 0.15) is 36.3 Å². The summed E-state index contributed by atoms with van der Waals surface area (Å²) in [7, 11) is -2.23. The van der Waals surface area contributed by atoms with E-state index in [0.717, 1.165) is 12.2 Å². The number of nitrogens with one attached hydrogen (secondary N) is 2. The molecule has 1 heterocycles. The molecule has 1 aliphatic rings. The van der Waals surface area contributed by atoms with Crippen LogP contribution in [0, 0.1) is 12.8 Å². The fourth-order valence-electron chi connectivity index (χ4n) is 2.79. The molecule has 1 amide bonds. The summed E-state index contributed by atoms with van der Waals surface area (Å²) >= 11 is 0. The van der Waals surface area contributed by atoms with Crippen LogP contribution in [0.2, 0.25) is 0 Å². The molecule has 2 aromatic rings. The van der Waals surface area contributed by atoms with Crippen LogP contribution in [0.15, 0.2) is 45.7 Å². The van der Waals surface area contributed by atoms with E-state index in [2.05, 4.69) is 17.0 Å². The van der Waals surface area contributed by atoms with Gasteiger partial charge in [0, 0.05) is 17.7 Å². The number of rotatable bonds is 6. The molecule has 1 fully saturated rings. The number of amides is 1. The zero-order valence-corrected chi connectivity index (χ0v) is 15.8. The van der Waals surface area contributed by atoms with Gasteiger partial charge in [0.1, 0.15) is 11.5 Å². The lowest BCUT2D eigenvalue weighted by Gasteiger charge is -2.09. The number of hydrogen-bond acceptors (Lipinski definition) is 4. The number of sulfonamides is 1. The molecule has 1 aromatic carbocycles. The molecule has 3 rings (SSSR count). The smallest absolute Gasteiger partial charge is 0.248 e. The van der Waals surface area contributed by atoms with Crippen molar-refractivity contribution in [1.29, 1.82) is 0 Å². The zero-order valence-electron chi connectivity index (χ0n) is 14.9.